The van der Waals surface area contributed by atoms with Gasteiger partial charge in [-0.25, -0.2) is 4.79 Å². The zero-order valence-corrected chi connectivity index (χ0v) is 12.8. The molecule has 0 fully saturated rings. The van der Waals surface area contributed by atoms with Gasteiger partial charge in [-0.1, -0.05) is 6.07 Å². The van der Waals surface area contributed by atoms with Crippen molar-refractivity contribution in [1.29, 1.82) is 0 Å². The minimum Gasteiger partial charge on any atom is -0.448 e. The molecule has 1 aromatic rings. The van der Waals surface area contributed by atoms with Crippen LogP contribution in [0.25, 0.3) is 6.08 Å². The lowest BCUT2D eigenvalue weighted by atomic mass is 10.4. The van der Waals surface area contributed by atoms with Crippen LogP contribution in [0.2, 0.25) is 0 Å². The highest BCUT2D eigenvalue weighted by molar-refractivity contribution is 7.10. The van der Waals surface area contributed by atoms with Gasteiger partial charge in [0.25, 0.3) is 0 Å². The van der Waals surface area contributed by atoms with Crippen LogP contribution >= 0.6 is 11.3 Å². The Labute approximate surface area is 130 Å². The first-order valence-electron chi connectivity index (χ1n) is 6.29. The Hall–Kier alpha value is -2.62. The third-order valence-electron chi connectivity index (χ3n) is 2.16. The number of nitrogens with one attached hydrogen (secondary N) is 1. The van der Waals surface area contributed by atoms with Crippen LogP contribution in [-0.4, -0.2) is 35.3 Å². The van der Waals surface area contributed by atoms with Crippen LogP contribution < -0.4 is 5.43 Å². The lowest BCUT2D eigenvalue weighted by Crippen LogP contribution is -2.47. The molecule has 0 aromatic carbocycles. The number of nitro groups is 1. The van der Waals surface area contributed by atoms with Crippen LogP contribution in [-0.2, 0) is 9.47 Å². The Balaban J connectivity index is 3.11. The van der Waals surface area contributed by atoms with Crippen molar-refractivity contribution in [1.82, 2.24) is 10.4 Å². The molecule has 0 saturated carbocycles. The van der Waals surface area contributed by atoms with Crippen molar-refractivity contribution in [2.75, 3.05) is 13.2 Å². The lowest BCUT2D eigenvalue weighted by Gasteiger charge is -2.15. The molecule has 0 saturated heterocycles. The van der Waals surface area contributed by atoms with E-state index in [1.807, 2.05) is 5.43 Å². The predicted molar refractivity (Wildman–Crippen MR) is 78.3 cm³/mol. The molecule has 1 rings (SSSR count). The molecule has 0 bridgehead atoms. The van der Waals surface area contributed by atoms with Crippen molar-refractivity contribution >= 4 is 29.6 Å². The van der Waals surface area contributed by atoms with E-state index in [4.69, 9.17) is 4.74 Å². The van der Waals surface area contributed by atoms with Gasteiger partial charge in [-0.15, -0.1) is 16.8 Å². The second-order valence-corrected chi connectivity index (χ2v) is 4.62. The normalized spacial score (nSPS) is 10.7. The van der Waals surface area contributed by atoms with E-state index in [0.717, 1.165) is 6.08 Å². The minimum atomic E-state index is -1.09. The summed E-state index contributed by atoms with van der Waals surface area (Å²) in [5, 5.41) is 13.3. The third-order valence-corrected chi connectivity index (χ3v) is 2.98. The maximum Gasteiger partial charge on any atom is 0.531 e. The lowest BCUT2D eigenvalue weighted by molar-refractivity contribution is -0.443. The van der Waals surface area contributed by atoms with Crippen molar-refractivity contribution in [3.63, 3.8) is 0 Å². The first-order chi connectivity index (χ1) is 10.5. The van der Waals surface area contributed by atoms with Gasteiger partial charge >= 0.3 is 18.0 Å². The first kappa shape index (κ1) is 17.4. The molecule has 120 valence electrons. The number of rotatable bonds is 5. The largest absolute Gasteiger partial charge is 0.531 e. The molecule has 9 nitrogen and oxygen atoms in total. The predicted octanol–water partition coefficient (Wildman–Crippen LogP) is 2.44. The van der Waals surface area contributed by atoms with Gasteiger partial charge in [0.2, 0.25) is 0 Å². The molecule has 1 N–H and O–H groups in total. The number of hydrazine groups is 1. The Bertz CT molecular complexity index is 557. The summed E-state index contributed by atoms with van der Waals surface area (Å²) in [5.74, 6) is -0.658. The average Bonchev–Trinajstić information content (AvgIpc) is 2.96. The van der Waals surface area contributed by atoms with E-state index in [9.17, 15) is 19.7 Å². The fourth-order valence-electron chi connectivity index (χ4n) is 1.34. The average molecular weight is 329 g/mol. The van der Waals surface area contributed by atoms with E-state index in [2.05, 4.69) is 4.74 Å². The highest BCUT2D eigenvalue weighted by Crippen LogP contribution is 2.16. The van der Waals surface area contributed by atoms with Crippen LogP contribution in [0.4, 0.5) is 9.59 Å². The fraction of sp³-hybridized carbons (Fsp3) is 0.333. The van der Waals surface area contributed by atoms with E-state index in [0.29, 0.717) is 9.89 Å². The monoisotopic (exact) mass is 329 g/mol. The summed E-state index contributed by atoms with van der Waals surface area (Å²) in [7, 11) is 0. The maximum absolute atomic E-state index is 11.8. The van der Waals surface area contributed by atoms with Gasteiger partial charge in [0.05, 0.1) is 19.3 Å². The molecule has 0 spiro atoms. The number of amides is 2. The maximum atomic E-state index is 11.8. The second-order valence-electron chi connectivity index (χ2n) is 3.64. The van der Waals surface area contributed by atoms with Gasteiger partial charge in [0, 0.05) is 4.88 Å². The molecular formula is C12H15N3O6S. The molecule has 22 heavy (non-hydrogen) atoms. The Morgan fingerprint density at radius 2 is 2.09 bits per heavy atom. The highest BCUT2D eigenvalue weighted by atomic mass is 32.1. The van der Waals surface area contributed by atoms with Gasteiger partial charge in [0.15, 0.2) is 0 Å². The van der Waals surface area contributed by atoms with E-state index in [-0.39, 0.29) is 13.2 Å². The molecule has 0 aliphatic heterocycles. The van der Waals surface area contributed by atoms with Crippen LogP contribution in [0.1, 0.15) is 18.7 Å². The summed E-state index contributed by atoms with van der Waals surface area (Å²) in [6, 6.07) is 3.32. The van der Waals surface area contributed by atoms with Gasteiger partial charge < -0.3 is 19.6 Å². The Morgan fingerprint density at radius 1 is 1.41 bits per heavy atom. The third kappa shape index (κ3) is 5.05. The number of thiophene rings is 1. The smallest absolute Gasteiger partial charge is 0.448 e. The van der Waals surface area contributed by atoms with E-state index >= 15 is 0 Å². The summed E-state index contributed by atoms with van der Waals surface area (Å²) in [4.78, 5) is 34.3. The van der Waals surface area contributed by atoms with Crippen LogP contribution in [0.3, 0.4) is 0 Å². The summed E-state index contributed by atoms with van der Waals surface area (Å²) in [6.45, 7) is 3.13. The van der Waals surface area contributed by atoms with E-state index in [1.165, 1.54) is 18.3 Å². The van der Waals surface area contributed by atoms with Gasteiger partial charge in [-0.05, 0) is 35.2 Å². The quantitative estimate of drug-likeness (QED) is 0.656. The number of carbonyl (C=O) groups is 2. The summed E-state index contributed by atoms with van der Waals surface area (Å²) >= 11 is 1.24. The zero-order chi connectivity index (χ0) is 16.5. The SMILES string of the molecule is CCOC(=O)NN(C(=O)OCC)/C(=C\c1cccs1)[N+](=O)[O-]. The number of hydrogen-bond acceptors (Lipinski definition) is 7. The molecule has 0 radical (unpaired) electrons. The standard InChI is InChI=1S/C12H15N3O6S/c1-3-20-11(16)13-14(12(17)21-4-2)10(15(18)19)8-9-6-5-7-22-9/h5-8H,3-4H2,1-2H3,(H,13,16)/b10-8+. The van der Waals surface area contributed by atoms with Crippen LogP contribution in [0.15, 0.2) is 23.3 Å². The van der Waals surface area contributed by atoms with E-state index < -0.39 is 22.9 Å². The number of carbonyl (C=O) groups excluding carboxylic acids is 2. The van der Waals surface area contributed by atoms with E-state index in [1.54, 1.807) is 24.4 Å². The number of hydrogen-bond donors (Lipinski definition) is 1. The zero-order valence-electron chi connectivity index (χ0n) is 12.0. The first-order valence-corrected chi connectivity index (χ1v) is 7.17. The van der Waals surface area contributed by atoms with Gasteiger partial charge in [0.1, 0.15) is 0 Å². The molecule has 2 amide bonds. The minimum absolute atomic E-state index is 0.0101. The van der Waals surface area contributed by atoms with Crippen molar-refractivity contribution in [3.8, 4) is 0 Å². The summed E-state index contributed by atoms with van der Waals surface area (Å²) in [6.07, 6.45) is -0.946. The molecular weight excluding hydrogens is 314 g/mol. The van der Waals surface area contributed by atoms with Gasteiger partial charge in [-0.3, -0.25) is 0 Å². The second kappa shape index (κ2) is 8.62. The van der Waals surface area contributed by atoms with Crippen LogP contribution in [0.5, 0.6) is 0 Å². The molecule has 0 aliphatic carbocycles. The van der Waals surface area contributed by atoms with Crippen LogP contribution in [0, 0.1) is 10.1 Å². The van der Waals surface area contributed by atoms with Crippen molar-refractivity contribution in [3.05, 3.63) is 38.3 Å². The molecule has 0 atom stereocenters. The summed E-state index contributed by atoms with van der Waals surface area (Å²) < 4.78 is 9.33. The van der Waals surface area contributed by atoms with Crippen molar-refractivity contribution in [2.45, 2.75) is 13.8 Å². The van der Waals surface area contributed by atoms with Crippen molar-refractivity contribution in [2.24, 2.45) is 0 Å². The highest BCUT2D eigenvalue weighted by Gasteiger charge is 2.34. The summed E-state index contributed by atoms with van der Waals surface area (Å²) in [5.41, 5.74) is 1.99. The Kier molecular flexibility index (Phi) is 6.83. The number of nitrogens with zero attached hydrogens (tertiary/aromatic N) is 2. The molecule has 1 aromatic heterocycles. The molecule has 0 aliphatic rings. The molecule has 10 heteroatoms. The Morgan fingerprint density at radius 3 is 2.59 bits per heavy atom. The van der Waals surface area contributed by atoms with Crippen molar-refractivity contribution < 1.29 is 24.0 Å². The molecule has 1 heterocycles. The topological polar surface area (TPSA) is 111 Å². The fourth-order valence-corrected chi connectivity index (χ4v) is 1.98. The number of ether oxygens (including phenoxy) is 2. The molecule has 0 unspecified atom stereocenters. The van der Waals surface area contributed by atoms with Gasteiger partial charge in [-0.2, -0.15) is 4.79 Å².